The van der Waals surface area contributed by atoms with Crippen LogP contribution in [0.15, 0.2) is 24.4 Å². The summed E-state index contributed by atoms with van der Waals surface area (Å²) in [4.78, 5) is 2.10. The summed E-state index contributed by atoms with van der Waals surface area (Å²) in [5.74, 6) is 0. The fourth-order valence-electron chi connectivity index (χ4n) is 0.697. The topological polar surface area (TPSA) is 3.24 Å². The molecule has 0 rings (SSSR count). The summed E-state index contributed by atoms with van der Waals surface area (Å²) in [5.41, 5.74) is 1.32. The standard InChI is InChI=1S/C8H15N/c1-5-6-9(4)7-8(2)3/h5,7H,1,6H2,2-4H3. The van der Waals surface area contributed by atoms with E-state index in [1.165, 1.54) is 5.57 Å². The first-order valence-corrected chi connectivity index (χ1v) is 3.13. The Morgan fingerprint density at radius 3 is 2.44 bits per heavy atom. The maximum absolute atomic E-state index is 3.64. The van der Waals surface area contributed by atoms with Crippen molar-refractivity contribution >= 4 is 0 Å². The smallest absolute Gasteiger partial charge is 0.0348 e. The van der Waals surface area contributed by atoms with Gasteiger partial charge in [0.1, 0.15) is 0 Å². The summed E-state index contributed by atoms with van der Waals surface area (Å²) < 4.78 is 0. The molecule has 0 N–H and O–H groups in total. The molecule has 0 bridgehead atoms. The summed E-state index contributed by atoms with van der Waals surface area (Å²) in [5, 5.41) is 0. The van der Waals surface area contributed by atoms with E-state index in [0.717, 1.165) is 6.54 Å². The predicted molar refractivity (Wildman–Crippen MR) is 42.3 cm³/mol. The van der Waals surface area contributed by atoms with Crippen molar-refractivity contribution in [2.75, 3.05) is 13.6 Å². The highest BCUT2D eigenvalue weighted by Crippen LogP contribution is 1.91. The summed E-state index contributed by atoms with van der Waals surface area (Å²) in [6.07, 6.45) is 3.99. The quantitative estimate of drug-likeness (QED) is 0.522. The zero-order valence-electron chi connectivity index (χ0n) is 6.52. The van der Waals surface area contributed by atoms with E-state index in [2.05, 4.69) is 31.5 Å². The highest BCUT2D eigenvalue weighted by Gasteiger charge is 1.83. The molecule has 1 nitrogen and oxygen atoms in total. The molecule has 0 saturated carbocycles. The largest absolute Gasteiger partial charge is 0.377 e. The van der Waals surface area contributed by atoms with Gasteiger partial charge in [0.25, 0.3) is 0 Å². The normalized spacial score (nSPS) is 8.33. The average Bonchev–Trinajstić information content (AvgIpc) is 1.63. The number of rotatable bonds is 3. The second kappa shape index (κ2) is 4.19. The lowest BCUT2D eigenvalue weighted by Crippen LogP contribution is -2.09. The summed E-state index contributed by atoms with van der Waals surface area (Å²) in [6, 6.07) is 0. The van der Waals surface area contributed by atoms with Crippen LogP contribution in [0.3, 0.4) is 0 Å². The van der Waals surface area contributed by atoms with Gasteiger partial charge in [-0.25, -0.2) is 0 Å². The molecule has 0 saturated heterocycles. The van der Waals surface area contributed by atoms with E-state index in [0.29, 0.717) is 0 Å². The van der Waals surface area contributed by atoms with E-state index in [-0.39, 0.29) is 0 Å². The van der Waals surface area contributed by atoms with Gasteiger partial charge >= 0.3 is 0 Å². The van der Waals surface area contributed by atoms with Crippen molar-refractivity contribution in [2.45, 2.75) is 13.8 Å². The van der Waals surface area contributed by atoms with Gasteiger partial charge in [0.2, 0.25) is 0 Å². The third-order valence-electron chi connectivity index (χ3n) is 0.896. The summed E-state index contributed by atoms with van der Waals surface area (Å²) >= 11 is 0. The third kappa shape index (κ3) is 5.15. The van der Waals surface area contributed by atoms with Gasteiger partial charge in [0.05, 0.1) is 0 Å². The molecule has 0 atom stereocenters. The van der Waals surface area contributed by atoms with Crippen LogP contribution in [0.2, 0.25) is 0 Å². The zero-order valence-corrected chi connectivity index (χ0v) is 6.52. The van der Waals surface area contributed by atoms with Crippen molar-refractivity contribution in [3.05, 3.63) is 24.4 Å². The maximum atomic E-state index is 3.64. The van der Waals surface area contributed by atoms with Crippen LogP contribution < -0.4 is 0 Å². The summed E-state index contributed by atoms with van der Waals surface area (Å²) in [6.45, 7) is 8.72. The molecule has 0 heterocycles. The monoisotopic (exact) mass is 125 g/mol. The van der Waals surface area contributed by atoms with Crippen LogP contribution in [0.4, 0.5) is 0 Å². The minimum Gasteiger partial charge on any atom is -0.377 e. The lowest BCUT2D eigenvalue weighted by molar-refractivity contribution is 0.505. The van der Waals surface area contributed by atoms with Crippen LogP contribution in [-0.4, -0.2) is 18.5 Å². The van der Waals surface area contributed by atoms with Gasteiger partial charge in [-0.1, -0.05) is 11.6 Å². The molecule has 0 spiro atoms. The molecule has 0 aliphatic carbocycles. The Morgan fingerprint density at radius 1 is 1.56 bits per heavy atom. The van der Waals surface area contributed by atoms with Crippen LogP contribution >= 0.6 is 0 Å². The van der Waals surface area contributed by atoms with Crippen molar-refractivity contribution in [1.82, 2.24) is 4.90 Å². The van der Waals surface area contributed by atoms with Gasteiger partial charge in [-0.05, 0) is 20.0 Å². The van der Waals surface area contributed by atoms with Crippen LogP contribution in [0, 0.1) is 0 Å². The highest BCUT2D eigenvalue weighted by molar-refractivity contribution is 4.93. The first kappa shape index (κ1) is 8.28. The first-order chi connectivity index (χ1) is 4.16. The molecule has 0 aliphatic rings. The van der Waals surface area contributed by atoms with Crippen molar-refractivity contribution in [2.24, 2.45) is 0 Å². The molecule has 0 aromatic carbocycles. The molecule has 0 unspecified atom stereocenters. The van der Waals surface area contributed by atoms with E-state index < -0.39 is 0 Å². The second-order valence-corrected chi connectivity index (χ2v) is 2.43. The SMILES string of the molecule is C=CCN(C)C=C(C)C. The molecular formula is C8H15N. The zero-order chi connectivity index (χ0) is 7.28. The second-order valence-electron chi connectivity index (χ2n) is 2.43. The van der Waals surface area contributed by atoms with Crippen LogP contribution in [0.5, 0.6) is 0 Å². The molecule has 1 heteroatoms. The number of likely N-dealkylation sites (N-methyl/N-ethyl adjacent to an activating group) is 1. The molecule has 0 amide bonds. The number of hydrogen-bond donors (Lipinski definition) is 0. The Hall–Kier alpha value is -0.720. The Kier molecular flexibility index (Phi) is 3.85. The van der Waals surface area contributed by atoms with Crippen molar-refractivity contribution < 1.29 is 0 Å². The minimum absolute atomic E-state index is 0.922. The van der Waals surface area contributed by atoms with Crippen molar-refractivity contribution in [3.8, 4) is 0 Å². The van der Waals surface area contributed by atoms with E-state index in [1.54, 1.807) is 0 Å². The molecule has 9 heavy (non-hydrogen) atoms. The van der Waals surface area contributed by atoms with E-state index in [9.17, 15) is 0 Å². The maximum Gasteiger partial charge on any atom is 0.0348 e. The van der Waals surface area contributed by atoms with Gasteiger partial charge in [-0.3, -0.25) is 0 Å². The fraction of sp³-hybridized carbons (Fsp3) is 0.500. The van der Waals surface area contributed by atoms with Crippen LogP contribution in [-0.2, 0) is 0 Å². The number of nitrogens with zero attached hydrogens (tertiary/aromatic N) is 1. The number of allylic oxidation sites excluding steroid dienone is 1. The lowest BCUT2D eigenvalue weighted by atomic mass is 10.4. The average molecular weight is 125 g/mol. The third-order valence-corrected chi connectivity index (χ3v) is 0.896. The highest BCUT2D eigenvalue weighted by atomic mass is 15.1. The van der Waals surface area contributed by atoms with Gasteiger partial charge in [-0.2, -0.15) is 0 Å². The Morgan fingerprint density at radius 2 is 2.11 bits per heavy atom. The van der Waals surface area contributed by atoms with Gasteiger partial charge in [0.15, 0.2) is 0 Å². The Bertz CT molecular complexity index is 110. The molecule has 0 radical (unpaired) electrons. The van der Waals surface area contributed by atoms with Gasteiger partial charge < -0.3 is 4.90 Å². The van der Waals surface area contributed by atoms with Crippen molar-refractivity contribution in [1.29, 1.82) is 0 Å². The minimum atomic E-state index is 0.922. The number of hydrogen-bond acceptors (Lipinski definition) is 1. The van der Waals surface area contributed by atoms with Crippen LogP contribution in [0.1, 0.15) is 13.8 Å². The Labute approximate surface area is 57.7 Å². The van der Waals surface area contributed by atoms with E-state index >= 15 is 0 Å². The van der Waals surface area contributed by atoms with E-state index in [4.69, 9.17) is 0 Å². The molecule has 0 aromatic heterocycles. The molecule has 0 aliphatic heterocycles. The molecular weight excluding hydrogens is 110 g/mol. The first-order valence-electron chi connectivity index (χ1n) is 3.13. The predicted octanol–water partition coefficient (Wildman–Crippen LogP) is 2.03. The van der Waals surface area contributed by atoms with Crippen molar-refractivity contribution in [3.63, 3.8) is 0 Å². The molecule has 0 fully saturated rings. The van der Waals surface area contributed by atoms with E-state index in [1.807, 2.05) is 13.1 Å². The van der Waals surface area contributed by atoms with Crippen LogP contribution in [0.25, 0.3) is 0 Å². The van der Waals surface area contributed by atoms with Gasteiger partial charge in [-0.15, -0.1) is 6.58 Å². The molecule has 0 aromatic rings. The molecule has 52 valence electrons. The fourth-order valence-corrected chi connectivity index (χ4v) is 0.697. The summed E-state index contributed by atoms with van der Waals surface area (Å²) in [7, 11) is 2.04. The van der Waals surface area contributed by atoms with Gasteiger partial charge in [0, 0.05) is 13.6 Å². The Balaban J connectivity index is 3.61. The lowest BCUT2D eigenvalue weighted by Gasteiger charge is -2.10.